The van der Waals surface area contributed by atoms with Gasteiger partial charge in [-0.2, -0.15) is 12.7 Å². The first-order chi connectivity index (χ1) is 8.88. The largest absolute Gasteiger partial charge is 0.301 e. The minimum Gasteiger partial charge on any atom is -0.271 e. The number of hydrogen-bond donors (Lipinski definition) is 1. The molecule has 1 aliphatic rings. The van der Waals surface area contributed by atoms with E-state index in [-0.39, 0.29) is 0 Å². The predicted octanol–water partition coefficient (Wildman–Crippen LogP) is 3.15. The highest BCUT2D eigenvalue weighted by atomic mass is 79.9. The summed E-state index contributed by atoms with van der Waals surface area (Å²) in [4.78, 5) is 0. The van der Waals surface area contributed by atoms with Crippen molar-refractivity contribution in [1.29, 1.82) is 0 Å². The highest BCUT2D eigenvalue weighted by Crippen LogP contribution is 2.23. The van der Waals surface area contributed by atoms with Gasteiger partial charge in [-0.25, -0.2) is 0 Å². The van der Waals surface area contributed by atoms with E-state index in [4.69, 9.17) is 0 Å². The van der Waals surface area contributed by atoms with Crippen molar-refractivity contribution < 1.29 is 8.42 Å². The lowest BCUT2D eigenvalue weighted by Gasteiger charge is -2.29. The number of anilines is 1. The maximum Gasteiger partial charge on any atom is 0.301 e. The van der Waals surface area contributed by atoms with Crippen LogP contribution >= 0.6 is 15.9 Å². The van der Waals surface area contributed by atoms with Crippen LogP contribution in [-0.2, 0) is 10.2 Å². The number of nitrogens with one attached hydrogen (secondary N) is 1. The van der Waals surface area contributed by atoms with Gasteiger partial charge in [-0.3, -0.25) is 4.72 Å². The van der Waals surface area contributed by atoms with E-state index < -0.39 is 10.2 Å². The first-order valence-electron chi connectivity index (χ1n) is 6.42. The number of rotatable bonds is 3. The van der Waals surface area contributed by atoms with Crippen LogP contribution in [0.4, 0.5) is 5.69 Å². The van der Waals surface area contributed by atoms with Crippen molar-refractivity contribution in [3.63, 3.8) is 0 Å². The zero-order valence-corrected chi connectivity index (χ0v) is 13.6. The van der Waals surface area contributed by atoms with Crippen LogP contribution in [0.25, 0.3) is 0 Å². The maximum absolute atomic E-state index is 12.3. The molecule has 0 unspecified atom stereocenters. The summed E-state index contributed by atoms with van der Waals surface area (Å²) in [5, 5.41) is 0. The third kappa shape index (κ3) is 3.70. The van der Waals surface area contributed by atoms with Crippen LogP contribution in [0.5, 0.6) is 0 Å². The molecule has 0 radical (unpaired) electrons. The van der Waals surface area contributed by atoms with Gasteiger partial charge in [-0.1, -0.05) is 28.9 Å². The van der Waals surface area contributed by atoms with Gasteiger partial charge in [0.25, 0.3) is 0 Å². The molecule has 1 aromatic rings. The first kappa shape index (κ1) is 14.8. The van der Waals surface area contributed by atoms with E-state index >= 15 is 0 Å². The van der Waals surface area contributed by atoms with Crippen molar-refractivity contribution in [2.45, 2.75) is 26.7 Å². The Morgan fingerprint density at radius 1 is 1.32 bits per heavy atom. The molecule has 2 rings (SSSR count). The van der Waals surface area contributed by atoms with Crippen LogP contribution in [0.3, 0.4) is 0 Å². The summed E-state index contributed by atoms with van der Waals surface area (Å²) in [5.74, 6) is 0.611. The van der Waals surface area contributed by atoms with E-state index in [2.05, 4.69) is 27.6 Å². The molecular formula is C13H19BrN2O2S. The topological polar surface area (TPSA) is 49.4 Å². The molecule has 0 saturated carbocycles. The van der Waals surface area contributed by atoms with Gasteiger partial charge < -0.3 is 0 Å². The molecule has 1 aromatic carbocycles. The molecule has 4 nitrogen and oxygen atoms in total. The highest BCUT2D eigenvalue weighted by Gasteiger charge is 2.26. The van der Waals surface area contributed by atoms with E-state index in [1.54, 1.807) is 12.1 Å². The van der Waals surface area contributed by atoms with E-state index in [9.17, 15) is 8.42 Å². The summed E-state index contributed by atoms with van der Waals surface area (Å²) >= 11 is 3.41. The molecule has 106 valence electrons. The minimum absolute atomic E-state index is 0.594. The Bertz CT molecular complexity index is 552. The average molecular weight is 347 g/mol. The summed E-state index contributed by atoms with van der Waals surface area (Å²) < 4.78 is 29.6. The van der Waals surface area contributed by atoms with Crippen LogP contribution < -0.4 is 4.72 Å². The monoisotopic (exact) mass is 346 g/mol. The second-order valence-corrected chi connectivity index (χ2v) is 7.68. The minimum atomic E-state index is -3.43. The molecule has 1 N–H and O–H groups in total. The summed E-state index contributed by atoms with van der Waals surface area (Å²) in [6.45, 7) is 5.33. The molecule has 1 saturated heterocycles. The normalized spacial score (nSPS) is 18.5. The van der Waals surface area contributed by atoms with Gasteiger partial charge in [0.05, 0.1) is 5.69 Å². The Morgan fingerprint density at radius 3 is 2.53 bits per heavy atom. The smallest absolute Gasteiger partial charge is 0.271 e. The molecule has 0 atom stereocenters. The Kier molecular flexibility index (Phi) is 4.53. The zero-order valence-electron chi connectivity index (χ0n) is 11.2. The van der Waals surface area contributed by atoms with Crippen molar-refractivity contribution in [1.82, 2.24) is 4.31 Å². The van der Waals surface area contributed by atoms with Crippen molar-refractivity contribution in [2.24, 2.45) is 5.92 Å². The van der Waals surface area contributed by atoms with Gasteiger partial charge in [0.2, 0.25) is 0 Å². The van der Waals surface area contributed by atoms with Crippen molar-refractivity contribution >= 4 is 31.8 Å². The zero-order chi connectivity index (χ0) is 14.0. The number of benzene rings is 1. The number of hydrogen-bond acceptors (Lipinski definition) is 2. The Morgan fingerprint density at radius 2 is 1.95 bits per heavy atom. The molecule has 1 aliphatic heterocycles. The molecule has 1 heterocycles. The quantitative estimate of drug-likeness (QED) is 0.913. The van der Waals surface area contributed by atoms with Gasteiger partial charge in [0.15, 0.2) is 0 Å². The van der Waals surface area contributed by atoms with Gasteiger partial charge in [-0.15, -0.1) is 0 Å². The highest BCUT2D eigenvalue weighted by molar-refractivity contribution is 9.10. The van der Waals surface area contributed by atoms with Gasteiger partial charge in [0.1, 0.15) is 0 Å². The number of nitrogens with zero attached hydrogens (tertiary/aromatic N) is 1. The number of piperidine rings is 1. The van der Waals surface area contributed by atoms with Crippen LogP contribution in [0.1, 0.15) is 25.3 Å². The van der Waals surface area contributed by atoms with Crippen molar-refractivity contribution in [3.05, 3.63) is 28.2 Å². The Balaban J connectivity index is 2.10. The summed E-state index contributed by atoms with van der Waals surface area (Å²) in [6, 6.07) is 5.46. The molecule has 0 aliphatic carbocycles. The fourth-order valence-corrected chi connectivity index (χ4v) is 3.72. The summed E-state index contributed by atoms with van der Waals surface area (Å²) in [6.07, 6.45) is 1.86. The Labute approximate surface area is 123 Å². The van der Waals surface area contributed by atoms with E-state index in [0.29, 0.717) is 24.7 Å². The lowest BCUT2D eigenvalue weighted by Crippen LogP contribution is -2.41. The second-order valence-electron chi connectivity index (χ2n) is 5.15. The van der Waals surface area contributed by atoms with E-state index in [0.717, 1.165) is 22.9 Å². The molecule has 0 amide bonds. The summed E-state index contributed by atoms with van der Waals surface area (Å²) in [5.41, 5.74) is 1.67. The third-order valence-corrected chi connectivity index (χ3v) is 5.89. The van der Waals surface area contributed by atoms with E-state index in [1.165, 1.54) is 4.31 Å². The first-order valence-corrected chi connectivity index (χ1v) is 8.66. The van der Waals surface area contributed by atoms with Crippen molar-refractivity contribution in [2.75, 3.05) is 17.8 Å². The predicted molar refractivity (Wildman–Crippen MR) is 81.4 cm³/mol. The number of aryl methyl sites for hydroxylation is 1. The standard InChI is InChI=1S/C13H19BrN2O2S/c1-10-5-7-16(8-6-10)19(17,18)15-12-4-3-11(2)13(14)9-12/h3-4,9-10,15H,5-8H2,1-2H3. The van der Waals surface area contributed by atoms with E-state index in [1.807, 2.05) is 13.0 Å². The Hall–Kier alpha value is -0.590. The molecule has 0 aromatic heterocycles. The SMILES string of the molecule is Cc1ccc(NS(=O)(=O)N2CCC(C)CC2)cc1Br. The van der Waals surface area contributed by atoms with Gasteiger partial charge in [-0.05, 0) is 43.4 Å². The molecule has 19 heavy (non-hydrogen) atoms. The van der Waals surface area contributed by atoms with Crippen LogP contribution in [0, 0.1) is 12.8 Å². The maximum atomic E-state index is 12.3. The third-order valence-electron chi connectivity index (χ3n) is 3.50. The molecular weight excluding hydrogens is 328 g/mol. The van der Waals surface area contributed by atoms with Gasteiger partial charge >= 0.3 is 10.2 Å². The number of halogens is 1. The lowest BCUT2D eigenvalue weighted by atomic mass is 10.0. The fourth-order valence-electron chi connectivity index (χ4n) is 2.10. The molecule has 1 fully saturated rings. The fraction of sp³-hybridized carbons (Fsp3) is 0.538. The van der Waals surface area contributed by atoms with Crippen LogP contribution in [0.2, 0.25) is 0 Å². The van der Waals surface area contributed by atoms with Crippen molar-refractivity contribution in [3.8, 4) is 0 Å². The van der Waals surface area contributed by atoms with Crippen LogP contribution in [-0.4, -0.2) is 25.8 Å². The summed E-state index contributed by atoms with van der Waals surface area (Å²) in [7, 11) is -3.43. The van der Waals surface area contributed by atoms with Crippen LogP contribution in [0.15, 0.2) is 22.7 Å². The molecule has 0 spiro atoms. The lowest BCUT2D eigenvalue weighted by molar-refractivity contribution is 0.289. The van der Waals surface area contributed by atoms with Gasteiger partial charge in [0, 0.05) is 17.6 Å². The molecule has 0 bridgehead atoms. The average Bonchev–Trinajstić information content (AvgIpc) is 2.34. The second kappa shape index (κ2) is 5.81. The molecule has 6 heteroatoms.